The van der Waals surface area contributed by atoms with Crippen molar-refractivity contribution < 1.29 is 34.5 Å². The summed E-state index contributed by atoms with van der Waals surface area (Å²) in [5.41, 5.74) is 0.872. The van der Waals surface area contributed by atoms with Crippen LogP contribution < -0.4 is 0 Å². The number of aliphatic carboxylic acids is 3. The number of hydrogen-bond acceptors (Lipinski definition) is 4. The van der Waals surface area contributed by atoms with Crippen molar-refractivity contribution in [3.8, 4) is 0 Å². The second-order valence-corrected chi connectivity index (χ2v) is 5.63. The Balaban J connectivity index is 2.54. The van der Waals surface area contributed by atoms with Crippen molar-refractivity contribution in [3.63, 3.8) is 0 Å². The third-order valence-corrected chi connectivity index (χ3v) is 4.33. The number of carbonyl (C=O) groups is 4. The van der Waals surface area contributed by atoms with Gasteiger partial charge in [0, 0.05) is 5.92 Å². The molecule has 0 heterocycles. The molecule has 2 rings (SSSR count). The molecule has 4 atom stereocenters. The average molecular weight is 320 g/mol. The van der Waals surface area contributed by atoms with Crippen molar-refractivity contribution in [3.05, 3.63) is 35.4 Å². The molecule has 1 aliphatic rings. The molecule has 7 nitrogen and oxygen atoms in total. The van der Waals surface area contributed by atoms with Crippen molar-refractivity contribution in [1.82, 2.24) is 0 Å². The minimum absolute atomic E-state index is 0.0833. The predicted octanol–water partition coefficient (Wildman–Crippen LogP) is 1.33. The summed E-state index contributed by atoms with van der Waals surface area (Å²) in [5.74, 6) is -7.62. The molecule has 1 aromatic carbocycles. The highest BCUT2D eigenvalue weighted by molar-refractivity contribution is 5.86. The van der Waals surface area contributed by atoms with Crippen LogP contribution in [0, 0.1) is 11.8 Å². The predicted molar refractivity (Wildman–Crippen MR) is 77.1 cm³/mol. The molecule has 7 heteroatoms. The van der Waals surface area contributed by atoms with Crippen molar-refractivity contribution in [2.45, 2.75) is 24.7 Å². The second-order valence-electron chi connectivity index (χ2n) is 5.63. The number of hydrogen-bond donors (Lipinski definition) is 3. The zero-order valence-electron chi connectivity index (χ0n) is 12.1. The lowest BCUT2D eigenvalue weighted by molar-refractivity contribution is -0.151. The van der Waals surface area contributed by atoms with E-state index in [0.29, 0.717) is 17.4 Å². The Kier molecular flexibility index (Phi) is 4.78. The van der Waals surface area contributed by atoms with Crippen LogP contribution in [0.1, 0.15) is 35.8 Å². The van der Waals surface area contributed by atoms with E-state index >= 15 is 0 Å². The lowest BCUT2D eigenvalue weighted by atomic mass is 9.66. The molecule has 122 valence electrons. The van der Waals surface area contributed by atoms with Gasteiger partial charge in [-0.1, -0.05) is 24.3 Å². The second kappa shape index (κ2) is 6.60. The number of carboxylic acid groups (broad SMARTS) is 3. The maximum Gasteiger partial charge on any atom is 0.311 e. The molecule has 4 unspecified atom stereocenters. The molecule has 0 amide bonds. The summed E-state index contributed by atoms with van der Waals surface area (Å²) in [7, 11) is 0. The maximum atomic E-state index is 11.5. The van der Waals surface area contributed by atoms with Gasteiger partial charge in [0.2, 0.25) is 0 Å². The summed E-state index contributed by atoms with van der Waals surface area (Å²) in [6, 6.07) is 6.42. The molecule has 1 aromatic rings. The number of aldehydes is 1. The Bertz CT molecular complexity index is 652. The van der Waals surface area contributed by atoms with E-state index in [1.165, 1.54) is 6.07 Å². The van der Waals surface area contributed by atoms with Gasteiger partial charge in [0.25, 0.3) is 0 Å². The Morgan fingerprint density at radius 3 is 2.17 bits per heavy atom. The first-order chi connectivity index (χ1) is 10.9. The molecule has 0 aliphatic heterocycles. The third kappa shape index (κ3) is 3.23. The largest absolute Gasteiger partial charge is 0.481 e. The van der Waals surface area contributed by atoms with Crippen LogP contribution in [0.25, 0.3) is 0 Å². The first-order valence-corrected chi connectivity index (χ1v) is 7.08. The lowest BCUT2D eigenvalue weighted by Crippen LogP contribution is -2.36. The summed E-state index contributed by atoms with van der Waals surface area (Å²) in [4.78, 5) is 45.3. The fourth-order valence-corrected chi connectivity index (χ4v) is 3.33. The zero-order chi connectivity index (χ0) is 17.1. The lowest BCUT2D eigenvalue weighted by Gasteiger charge is -2.36. The first kappa shape index (κ1) is 16.7. The van der Waals surface area contributed by atoms with Crippen LogP contribution in [0.3, 0.4) is 0 Å². The molecule has 0 aromatic heterocycles. The van der Waals surface area contributed by atoms with E-state index < -0.39 is 48.0 Å². The van der Waals surface area contributed by atoms with Crippen LogP contribution in [0.15, 0.2) is 24.3 Å². The average Bonchev–Trinajstić information content (AvgIpc) is 2.50. The highest BCUT2D eigenvalue weighted by Crippen LogP contribution is 2.46. The number of rotatable bonds is 6. The molecular formula is C16H16O7. The SMILES string of the molecule is O=CC(CC(=O)O)C1CC(C(=O)O)C(C(=O)O)c2ccccc21. The number of carboxylic acids is 3. The van der Waals surface area contributed by atoms with Crippen LogP contribution >= 0.6 is 0 Å². The maximum absolute atomic E-state index is 11.5. The smallest absolute Gasteiger partial charge is 0.311 e. The summed E-state index contributed by atoms with van der Waals surface area (Å²) in [6.07, 6.45) is 0.00213. The number of fused-ring (bicyclic) bond motifs is 1. The van der Waals surface area contributed by atoms with Gasteiger partial charge in [-0.2, -0.15) is 0 Å². The number of carbonyl (C=O) groups excluding carboxylic acids is 1. The monoisotopic (exact) mass is 320 g/mol. The summed E-state index contributed by atoms with van der Waals surface area (Å²) < 4.78 is 0. The highest BCUT2D eigenvalue weighted by atomic mass is 16.4. The summed E-state index contributed by atoms with van der Waals surface area (Å²) in [5, 5.41) is 27.7. The van der Waals surface area contributed by atoms with E-state index in [1.807, 2.05) is 0 Å². The zero-order valence-corrected chi connectivity index (χ0v) is 12.1. The number of benzene rings is 1. The molecule has 0 bridgehead atoms. The molecule has 0 radical (unpaired) electrons. The highest BCUT2D eigenvalue weighted by Gasteiger charge is 2.45. The molecule has 0 fully saturated rings. The summed E-state index contributed by atoms with van der Waals surface area (Å²) >= 11 is 0. The topological polar surface area (TPSA) is 129 Å². The molecule has 0 spiro atoms. The van der Waals surface area contributed by atoms with Gasteiger partial charge in [-0.3, -0.25) is 14.4 Å². The van der Waals surface area contributed by atoms with Crippen LogP contribution in [0.4, 0.5) is 0 Å². The van der Waals surface area contributed by atoms with Crippen molar-refractivity contribution in [1.29, 1.82) is 0 Å². The molecule has 23 heavy (non-hydrogen) atoms. The first-order valence-electron chi connectivity index (χ1n) is 7.08. The molecular weight excluding hydrogens is 304 g/mol. The molecule has 3 N–H and O–H groups in total. The van der Waals surface area contributed by atoms with Crippen LogP contribution in [0.5, 0.6) is 0 Å². The standard InChI is InChI=1S/C16H16O7/c17-7-8(5-13(18)19)11-6-12(15(20)21)14(16(22)23)10-4-2-1-3-9(10)11/h1-4,7-8,11-12,14H,5-6H2,(H,18,19)(H,20,21)(H,22,23). The van der Waals surface area contributed by atoms with Gasteiger partial charge < -0.3 is 20.1 Å². The van der Waals surface area contributed by atoms with E-state index in [9.17, 15) is 29.4 Å². The van der Waals surface area contributed by atoms with Crippen LogP contribution in [-0.4, -0.2) is 39.5 Å². The Hall–Kier alpha value is -2.70. The third-order valence-electron chi connectivity index (χ3n) is 4.33. The molecule has 0 saturated carbocycles. The Morgan fingerprint density at radius 2 is 1.70 bits per heavy atom. The normalized spacial score (nSPS) is 24.3. The van der Waals surface area contributed by atoms with Gasteiger partial charge in [0.15, 0.2) is 0 Å². The van der Waals surface area contributed by atoms with E-state index in [-0.39, 0.29) is 6.42 Å². The van der Waals surface area contributed by atoms with Gasteiger partial charge in [0.05, 0.1) is 18.3 Å². The van der Waals surface area contributed by atoms with Crippen molar-refractivity contribution >= 4 is 24.2 Å². The molecule has 1 aliphatic carbocycles. The fourth-order valence-electron chi connectivity index (χ4n) is 3.33. The molecule has 0 saturated heterocycles. The van der Waals surface area contributed by atoms with Crippen LogP contribution in [-0.2, 0) is 19.2 Å². The minimum atomic E-state index is -1.27. The Labute approximate surface area is 131 Å². The van der Waals surface area contributed by atoms with E-state index in [4.69, 9.17) is 5.11 Å². The van der Waals surface area contributed by atoms with Gasteiger partial charge in [-0.05, 0) is 23.5 Å². The van der Waals surface area contributed by atoms with Gasteiger partial charge in [0.1, 0.15) is 6.29 Å². The van der Waals surface area contributed by atoms with Crippen molar-refractivity contribution in [2.24, 2.45) is 11.8 Å². The van der Waals surface area contributed by atoms with E-state index in [2.05, 4.69) is 0 Å². The Morgan fingerprint density at radius 1 is 1.09 bits per heavy atom. The minimum Gasteiger partial charge on any atom is -0.481 e. The van der Waals surface area contributed by atoms with E-state index in [0.717, 1.165) is 0 Å². The fraction of sp³-hybridized carbons (Fsp3) is 0.375. The van der Waals surface area contributed by atoms with Crippen LogP contribution in [0.2, 0.25) is 0 Å². The quantitative estimate of drug-likeness (QED) is 0.674. The van der Waals surface area contributed by atoms with Gasteiger partial charge in [-0.25, -0.2) is 0 Å². The van der Waals surface area contributed by atoms with Crippen molar-refractivity contribution in [2.75, 3.05) is 0 Å². The van der Waals surface area contributed by atoms with E-state index in [1.54, 1.807) is 18.2 Å². The summed E-state index contributed by atoms with van der Waals surface area (Å²) in [6.45, 7) is 0. The van der Waals surface area contributed by atoms with Gasteiger partial charge in [-0.15, -0.1) is 0 Å². The van der Waals surface area contributed by atoms with Gasteiger partial charge >= 0.3 is 17.9 Å².